The van der Waals surface area contributed by atoms with Gasteiger partial charge in [-0.15, -0.1) is 0 Å². The summed E-state index contributed by atoms with van der Waals surface area (Å²) in [5.74, 6) is 0. The Morgan fingerprint density at radius 2 is 1.43 bits per heavy atom. The van der Waals surface area contributed by atoms with E-state index in [9.17, 15) is 0 Å². The first-order chi connectivity index (χ1) is 2.27. The fraction of sp³-hybridized carbons (Fsp3) is 1.00. The van der Waals surface area contributed by atoms with E-state index in [-0.39, 0.29) is 11.0 Å². The Labute approximate surface area is 53.0 Å². The molecule has 0 radical (unpaired) electrons. The molecule has 0 aliphatic rings. The Hall–Kier alpha value is 0.464. The minimum Gasteiger partial charge on any atom is -2.00 e. The van der Waals surface area contributed by atoms with Crippen molar-refractivity contribution in [3.8, 4) is 0 Å². The van der Waals surface area contributed by atoms with Crippen LogP contribution in [0.2, 0.25) is 0 Å². The van der Waals surface area contributed by atoms with Crippen LogP contribution in [-0.2, 0) is 32.4 Å². The third-order valence-electron chi connectivity index (χ3n) is 0.211. The number of rotatable bonds is 1. The third kappa shape index (κ3) is 21.2. The van der Waals surface area contributed by atoms with Gasteiger partial charge >= 0.3 is 41.4 Å². The van der Waals surface area contributed by atoms with Crippen LogP contribution in [0.3, 0.4) is 0 Å². The molecule has 0 aliphatic heterocycles. The average molecular weight is 142 g/mol. The summed E-state index contributed by atoms with van der Waals surface area (Å²) in [6.07, 6.45) is 0.356. The van der Waals surface area contributed by atoms with E-state index in [0.29, 0.717) is 6.10 Å². The molecule has 0 N–H and O–H groups in total. The molecule has 0 aromatic carbocycles. The Morgan fingerprint density at radius 3 is 1.43 bits per heavy atom. The van der Waals surface area contributed by atoms with Crippen molar-refractivity contribution >= 4 is 0 Å². The molecule has 0 spiro atoms. The molecule has 0 fully saturated rings. The predicted molar refractivity (Wildman–Crippen MR) is 17.6 cm³/mol. The van der Waals surface area contributed by atoms with Gasteiger partial charge in [0, 0.05) is 0 Å². The van der Waals surface area contributed by atoms with Crippen LogP contribution in [0.4, 0.5) is 0 Å². The minimum atomic E-state index is 0. The van der Waals surface area contributed by atoms with E-state index in [0.717, 1.165) is 0 Å². The van der Waals surface area contributed by atoms with Gasteiger partial charge in [-0.3, -0.25) is 0 Å². The van der Waals surface area contributed by atoms with Crippen molar-refractivity contribution in [3.05, 3.63) is 0 Å². The summed E-state index contributed by atoms with van der Waals surface area (Å²) >= 11 is 2.07. The van der Waals surface area contributed by atoms with Gasteiger partial charge < -0.3 is 11.0 Å². The molecule has 0 aliphatic carbocycles. The number of hydrogen-bond acceptors (Lipinski definition) is 1. The van der Waals surface area contributed by atoms with Crippen molar-refractivity contribution in [3.63, 3.8) is 0 Å². The summed E-state index contributed by atoms with van der Waals surface area (Å²) in [6.45, 7) is 3.97. The zero-order chi connectivity index (χ0) is 4.28. The Kier molecular flexibility index (Phi) is 21.7. The summed E-state index contributed by atoms with van der Waals surface area (Å²) in [4.78, 5) is 0. The second-order valence-corrected chi connectivity index (χ2v) is 1.48. The Balaban J connectivity index is -0.0000000800. The van der Waals surface area contributed by atoms with E-state index in [1.54, 1.807) is 0 Å². The van der Waals surface area contributed by atoms with Gasteiger partial charge in [0.1, 0.15) is 0 Å². The molecule has 0 atom stereocenters. The minimum absolute atomic E-state index is 0. The van der Waals surface area contributed by atoms with Crippen LogP contribution in [0, 0.1) is 0 Å². The zero-order valence-corrected chi connectivity index (χ0v) is 5.65. The molecule has 0 aromatic heterocycles. The summed E-state index contributed by atoms with van der Waals surface area (Å²) in [7, 11) is 0. The standard InChI is InChI=1S/C3H7O.2O.V/c1-3(2)4;;;/h3H,1-2H3;;;/q-1;2*-2;+5. The van der Waals surface area contributed by atoms with Crippen molar-refractivity contribution in [2.45, 2.75) is 20.0 Å². The molecule has 0 bridgehead atoms. The molecule has 42 valence electrons. The van der Waals surface area contributed by atoms with Gasteiger partial charge in [-0.1, -0.05) is 0 Å². The second kappa shape index (κ2) is 9.68. The van der Waals surface area contributed by atoms with Crippen LogP contribution >= 0.6 is 0 Å². The molecule has 7 heavy (non-hydrogen) atoms. The summed E-state index contributed by atoms with van der Waals surface area (Å²) in [5.41, 5.74) is 0. The quantitative estimate of drug-likeness (QED) is 0.529. The molecule has 0 heterocycles. The van der Waals surface area contributed by atoms with E-state index < -0.39 is 0 Å². The van der Waals surface area contributed by atoms with E-state index in [1.165, 1.54) is 0 Å². The van der Waals surface area contributed by atoms with E-state index >= 15 is 0 Å². The first-order valence-electron chi connectivity index (χ1n) is 1.57. The maximum absolute atomic E-state index is 4.69. The van der Waals surface area contributed by atoms with Gasteiger partial charge in [-0.2, -0.15) is 0 Å². The van der Waals surface area contributed by atoms with Gasteiger partial charge in [0.05, 0.1) is 0 Å². The maximum atomic E-state index is 4.69. The fourth-order valence-electron chi connectivity index (χ4n) is 0. The van der Waals surface area contributed by atoms with Crippen molar-refractivity contribution in [2.75, 3.05) is 0 Å². The fourth-order valence-corrected chi connectivity index (χ4v) is 0. The number of hydrogen-bond donors (Lipinski definition) is 0. The van der Waals surface area contributed by atoms with Gasteiger partial charge in [0.25, 0.3) is 0 Å². The molecule has 0 amide bonds. The van der Waals surface area contributed by atoms with Gasteiger partial charge in [0.15, 0.2) is 0 Å². The summed E-state index contributed by atoms with van der Waals surface area (Å²) in [5, 5.41) is 0. The van der Waals surface area contributed by atoms with Gasteiger partial charge in [0.2, 0.25) is 0 Å². The normalized spacial score (nSPS) is 7.00. The van der Waals surface area contributed by atoms with Gasteiger partial charge in [-0.25, -0.2) is 0 Å². The smallest absolute Gasteiger partial charge is 2.00 e. The predicted octanol–water partition coefficient (Wildman–Crippen LogP) is 0.636. The molecular weight excluding hydrogens is 135 g/mol. The first kappa shape index (κ1) is 15.7. The van der Waals surface area contributed by atoms with Crippen LogP contribution in [0.25, 0.3) is 0 Å². The van der Waals surface area contributed by atoms with Crippen LogP contribution in [-0.4, -0.2) is 6.10 Å². The van der Waals surface area contributed by atoms with Crippen LogP contribution < -0.4 is 0 Å². The van der Waals surface area contributed by atoms with E-state index in [2.05, 4.69) is 21.4 Å². The van der Waals surface area contributed by atoms with Crippen LogP contribution in [0.5, 0.6) is 0 Å². The molecule has 0 saturated heterocycles. The van der Waals surface area contributed by atoms with Crippen molar-refractivity contribution in [1.82, 2.24) is 0 Å². The monoisotopic (exact) mass is 142 g/mol. The average Bonchev–Trinajstić information content (AvgIpc) is 1.38. The summed E-state index contributed by atoms with van der Waals surface area (Å²) in [6, 6.07) is 0. The molecule has 0 rings (SSSR count). The maximum Gasteiger partial charge on any atom is -2.00 e. The Bertz CT molecular complexity index is 24.1. The SMILES string of the molecule is CC(C)[O][V+4].[O-2].[O-2]. The Morgan fingerprint density at radius 1 is 1.29 bits per heavy atom. The van der Waals surface area contributed by atoms with Crippen LogP contribution in [0.1, 0.15) is 13.8 Å². The van der Waals surface area contributed by atoms with Crippen molar-refractivity contribution in [1.29, 1.82) is 0 Å². The topological polar surface area (TPSA) is 66.2 Å². The van der Waals surface area contributed by atoms with Crippen molar-refractivity contribution in [2.24, 2.45) is 0 Å². The largest absolute Gasteiger partial charge is 2.00 e. The van der Waals surface area contributed by atoms with E-state index in [4.69, 9.17) is 0 Å². The molecule has 3 nitrogen and oxygen atoms in total. The molecular formula is C3H7O3V. The zero-order valence-electron chi connectivity index (χ0n) is 4.25. The third-order valence-corrected chi connectivity index (χ3v) is 0.869. The second-order valence-electron chi connectivity index (χ2n) is 1.15. The van der Waals surface area contributed by atoms with E-state index in [1.807, 2.05) is 13.8 Å². The summed E-state index contributed by atoms with van der Waals surface area (Å²) < 4.78 is 4.69. The van der Waals surface area contributed by atoms with Gasteiger partial charge in [-0.05, 0) is 0 Å². The molecule has 0 aromatic rings. The molecule has 0 unspecified atom stereocenters. The van der Waals surface area contributed by atoms with Crippen molar-refractivity contribution < 1.29 is 32.4 Å². The molecule has 0 saturated carbocycles. The molecule has 4 heteroatoms. The van der Waals surface area contributed by atoms with Crippen LogP contribution in [0.15, 0.2) is 0 Å². The first-order valence-corrected chi connectivity index (χ1v) is 2.14.